The number of aliphatic hydroxyl groups excluding tert-OH is 1. The van der Waals surface area contributed by atoms with Crippen molar-refractivity contribution in [2.45, 2.75) is 45.1 Å². The van der Waals surface area contributed by atoms with E-state index in [9.17, 15) is 5.11 Å². The van der Waals surface area contributed by atoms with Gasteiger partial charge in [-0.25, -0.2) is 0 Å². The Morgan fingerprint density at radius 3 is 2.78 bits per heavy atom. The third-order valence-corrected chi connectivity index (χ3v) is 3.07. The van der Waals surface area contributed by atoms with Gasteiger partial charge in [0.15, 0.2) is 0 Å². The minimum Gasteiger partial charge on any atom is -0.497 e. The van der Waals surface area contributed by atoms with Crippen molar-refractivity contribution in [1.82, 2.24) is 0 Å². The van der Waals surface area contributed by atoms with Crippen LogP contribution in [0.5, 0.6) is 5.75 Å². The molecule has 1 aromatic rings. The molecular weight excluding hydrogens is 226 g/mol. The Kier molecular flexibility index (Phi) is 7.26. The molecule has 3 heteroatoms. The summed E-state index contributed by atoms with van der Waals surface area (Å²) >= 11 is 0. The second-order valence-electron chi connectivity index (χ2n) is 4.61. The van der Waals surface area contributed by atoms with Gasteiger partial charge in [-0.1, -0.05) is 38.7 Å². The zero-order valence-corrected chi connectivity index (χ0v) is 11.5. The summed E-state index contributed by atoms with van der Waals surface area (Å²) in [6.07, 6.45) is 5.93. The molecule has 0 amide bonds. The molecule has 0 saturated carbocycles. The Bertz CT molecular complexity index is 328. The van der Waals surface area contributed by atoms with Gasteiger partial charge in [-0.05, 0) is 18.6 Å². The fourth-order valence-corrected chi connectivity index (χ4v) is 1.98. The molecule has 0 saturated heterocycles. The standard InChI is InChI=1S/C15H25NO2/c1-3-4-5-6-8-14(12-17)16-13-9-7-10-15(11-13)18-2/h7,9-11,14,16-17H,3-6,8,12H2,1-2H3. The molecule has 3 nitrogen and oxygen atoms in total. The molecule has 1 atom stereocenters. The summed E-state index contributed by atoms with van der Waals surface area (Å²) in [7, 11) is 1.66. The molecule has 0 fully saturated rings. The molecule has 2 N–H and O–H groups in total. The van der Waals surface area contributed by atoms with Gasteiger partial charge in [-0.2, -0.15) is 0 Å². The minimum absolute atomic E-state index is 0.133. The molecule has 1 rings (SSSR count). The summed E-state index contributed by atoms with van der Waals surface area (Å²) < 4.78 is 5.18. The normalized spacial score (nSPS) is 12.2. The third-order valence-electron chi connectivity index (χ3n) is 3.07. The van der Waals surface area contributed by atoms with E-state index in [2.05, 4.69) is 12.2 Å². The second kappa shape index (κ2) is 8.81. The lowest BCUT2D eigenvalue weighted by atomic mass is 10.1. The molecule has 0 bridgehead atoms. The lowest BCUT2D eigenvalue weighted by Gasteiger charge is -2.18. The van der Waals surface area contributed by atoms with Crippen molar-refractivity contribution < 1.29 is 9.84 Å². The van der Waals surface area contributed by atoms with Gasteiger partial charge in [0.2, 0.25) is 0 Å². The number of anilines is 1. The maximum atomic E-state index is 9.38. The van der Waals surface area contributed by atoms with Crippen molar-refractivity contribution in [2.75, 3.05) is 19.0 Å². The first-order chi connectivity index (χ1) is 8.80. The van der Waals surface area contributed by atoms with E-state index in [1.165, 1.54) is 19.3 Å². The maximum absolute atomic E-state index is 9.38. The molecule has 0 aliphatic rings. The van der Waals surface area contributed by atoms with Crippen LogP contribution in [-0.4, -0.2) is 24.9 Å². The number of hydrogen-bond acceptors (Lipinski definition) is 3. The van der Waals surface area contributed by atoms with Gasteiger partial charge in [-0.3, -0.25) is 0 Å². The molecule has 1 unspecified atom stereocenters. The van der Waals surface area contributed by atoms with Crippen molar-refractivity contribution >= 4 is 5.69 Å². The monoisotopic (exact) mass is 251 g/mol. The molecule has 0 aromatic heterocycles. The van der Waals surface area contributed by atoms with Gasteiger partial charge in [0, 0.05) is 17.8 Å². The van der Waals surface area contributed by atoms with Crippen LogP contribution >= 0.6 is 0 Å². The molecule has 0 spiro atoms. The number of hydrogen-bond donors (Lipinski definition) is 2. The summed E-state index contributed by atoms with van der Waals surface area (Å²) in [6.45, 7) is 2.38. The lowest BCUT2D eigenvalue weighted by molar-refractivity contribution is 0.266. The number of nitrogens with one attached hydrogen (secondary N) is 1. The molecule has 0 radical (unpaired) electrons. The van der Waals surface area contributed by atoms with E-state index in [4.69, 9.17) is 4.74 Å². The predicted molar refractivity (Wildman–Crippen MR) is 76.2 cm³/mol. The van der Waals surface area contributed by atoms with E-state index in [-0.39, 0.29) is 12.6 Å². The number of aliphatic hydroxyl groups is 1. The van der Waals surface area contributed by atoms with E-state index in [0.717, 1.165) is 24.3 Å². The van der Waals surface area contributed by atoms with Crippen LogP contribution in [0.1, 0.15) is 39.0 Å². The summed E-state index contributed by atoms with van der Waals surface area (Å²) in [5.74, 6) is 0.836. The van der Waals surface area contributed by atoms with Crippen LogP contribution in [0.3, 0.4) is 0 Å². The lowest BCUT2D eigenvalue weighted by Crippen LogP contribution is -2.23. The number of methoxy groups -OCH3 is 1. The van der Waals surface area contributed by atoms with Crippen LogP contribution in [0.25, 0.3) is 0 Å². The number of benzene rings is 1. The highest BCUT2D eigenvalue weighted by Gasteiger charge is 2.07. The topological polar surface area (TPSA) is 41.5 Å². The Morgan fingerprint density at radius 1 is 1.28 bits per heavy atom. The van der Waals surface area contributed by atoms with E-state index in [0.29, 0.717) is 0 Å². The van der Waals surface area contributed by atoms with Gasteiger partial charge in [0.25, 0.3) is 0 Å². The molecule has 0 aliphatic heterocycles. The van der Waals surface area contributed by atoms with Crippen molar-refractivity contribution in [3.8, 4) is 5.75 Å². The first kappa shape index (κ1) is 14.8. The highest BCUT2D eigenvalue weighted by Crippen LogP contribution is 2.18. The Balaban J connectivity index is 2.41. The molecule has 0 heterocycles. The number of unbranched alkanes of at least 4 members (excludes halogenated alkanes) is 3. The summed E-state index contributed by atoms with van der Waals surface area (Å²) in [5, 5.41) is 12.7. The zero-order valence-electron chi connectivity index (χ0n) is 11.5. The Labute approximate surface area is 110 Å². The molecule has 0 aliphatic carbocycles. The maximum Gasteiger partial charge on any atom is 0.120 e. The average molecular weight is 251 g/mol. The fraction of sp³-hybridized carbons (Fsp3) is 0.600. The first-order valence-corrected chi connectivity index (χ1v) is 6.81. The van der Waals surface area contributed by atoms with Crippen LogP contribution in [0, 0.1) is 0 Å². The summed E-state index contributed by atoms with van der Waals surface area (Å²) in [5.41, 5.74) is 1.00. The average Bonchev–Trinajstić information content (AvgIpc) is 2.42. The van der Waals surface area contributed by atoms with Crippen LogP contribution in [0.15, 0.2) is 24.3 Å². The SMILES string of the molecule is CCCCCCC(CO)Nc1cccc(OC)c1. The van der Waals surface area contributed by atoms with Crippen molar-refractivity contribution in [3.05, 3.63) is 24.3 Å². The van der Waals surface area contributed by atoms with Gasteiger partial charge >= 0.3 is 0 Å². The molecular formula is C15H25NO2. The van der Waals surface area contributed by atoms with Crippen molar-refractivity contribution in [1.29, 1.82) is 0 Å². The Hall–Kier alpha value is -1.22. The largest absolute Gasteiger partial charge is 0.497 e. The van der Waals surface area contributed by atoms with E-state index in [1.54, 1.807) is 7.11 Å². The highest BCUT2D eigenvalue weighted by molar-refractivity contribution is 5.48. The third kappa shape index (κ3) is 5.41. The number of ether oxygens (including phenoxy) is 1. The molecule has 102 valence electrons. The van der Waals surface area contributed by atoms with Crippen molar-refractivity contribution in [2.24, 2.45) is 0 Å². The van der Waals surface area contributed by atoms with Crippen LogP contribution in [0.2, 0.25) is 0 Å². The summed E-state index contributed by atoms with van der Waals surface area (Å²) in [4.78, 5) is 0. The van der Waals surface area contributed by atoms with Crippen LogP contribution < -0.4 is 10.1 Å². The number of rotatable bonds is 9. The van der Waals surface area contributed by atoms with Gasteiger partial charge < -0.3 is 15.2 Å². The smallest absolute Gasteiger partial charge is 0.120 e. The second-order valence-corrected chi connectivity index (χ2v) is 4.61. The highest BCUT2D eigenvalue weighted by atomic mass is 16.5. The minimum atomic E-state index is 0.133. The van der Waals surface area contributed by atoms with E-state index in [1.807, 2.05) is 24.3 Å². The van der Waals surface area contributed by atoms with E-state index < -0.39 is 0 Å². The zero-order chi connectivity index (χ0) is 13.2. The molecule has 1 aromatic carbocycles. The Morgan fingerprint density at radius 2 is 2.11 bits per heavy atom. The van der Waals surface area contributed by atoms with Crippen LogP contribution in [-0.2, 0) is 0 Å². The molecule has 18 heavy (non-hydrogen) atoms. The summed E-state index contributed by atoms with van der Waals surface area (Å²) in [6, 6.07) is 7.95. The van der Waals surface area contributed by atoms with E-state index >= 15 is 0 Å². The fourth-order valence-electron chi connectivity index (χ4n) is 1.98. The van der Waals surface area contributed by atoms with Gasteiger partial charge in [-0.15, -0.1) is 0 Å². The van der Waals surface area contributed by atoms with Gasteiger partial charge in [0.05, 0.1) is 13.7 Å². The first-order valence-electron chi connectivity index (χ1n) is 6.81. The quantitative estimate of drug-likeness (QED) is 0.661. The van der Waals surface area contributed by atoms with Crippen LogP contribution in [0.4, 0.5) is 5.69 Å². The van der Waals surface area contributed by atoms with Gasteiger partial charge in [0.1, 0.15) is 5.75 Å². The predicted octanol–water partition coefficient (Wildman–Crippen LogP) is 3.44. The van der Waals surface area contributed by atoms with Crippen molar-refractivity contribution in [3.63, 3.8) is 0 Å².